The van der Waals surface area contributed by atoms with E-state index >= 15 is 0 Å². The molecule has 0 aliphatic carbocycles. The Bertz CT molecular complexity index is 749. The van der Waals surface area contributed by atoms with Gasteiger partial charge in [-0.1, -0.05) is 17.7 Å². The van der Waals surface area contributed by atoms with E-state index < -0.39 is 0 Å². The Balaban J connectivity index is 2.06. The summed E-state index contributed by atoms with van der Waals surface area (Å²) >= 11 is 7.52. The van der Waals surface area contributed by atoms with E-state index in [2.05, 4.69) is 10.6 Å². The quantitative estimate of drug-likeness (QED) is 0.685. The zero-order valence-electron chi connectivity index (χ0n) is 9.43. The second kappa shape index (κ2) is 4.49. The van der Waals surface area contributed by atoms with Crippen LogP contribution in [0.25, 0.3) is 10.9 Å². The Morgan fingerprint density at radius 2 is 2.11 bits per heavy atom. The van der Waals surface area contributed by atoms with Gasteiger partial charge in [-0.25, -0.2) is 0 Å². The van der Waals surface area contributed by atoms with Crippen molar-refractivity contribution in [2.24, 2.45) is 0 Å². The van der Waals surface area contributed by atoms with Gasteiger partial charge < -0.3 is 4.57 Å². The van der Waals surface area contributed by atoms with E-state index in [0.717, 1.165) is 27.3 Å². The first kappa shape index (κ1) is 11.3. The van der Waals surface area contributed by atoms with Crippen molar-refractivity contribution in [1.29, 1.82) is 5.26 Å². The molecule has 0 unspecified atom stereocenters. The van der Waals surface area contributed by atoms with Gasteiger partial charge in [-0.05, 0) is 30.3 Å². The number of rotatable bonds is 2. The van der Waals surface area contributed by atoms with Gasteiger partial charge in [0.1, 0.15) is 0 Å². The minimum Gasteiger partial charge on any atom is -0.342 e. The summed E-state index contributed by atoms with van der Waals surface area (Å²) in [5, 5.41) is 10.1. The lowest BCUT2D eigenvalue weighted by Gasteiger charge is -2.03. The summed E-state index contributed by atoms with van der Waals surface area (Å²) in [7, 11) is 0. The third-order valence-electron chi connectivity index (χ3n) is 2.89. The fourth-order valence-corrected chi connectivity index (χ4v) is 3.15. The Morgan fingerprint density at radius 3 is 2.83 bits per heavy atom. The summed E-state index contributed by atoms with van der Waals surface area (Å²) in [6, 6.07) is 13.9. The number of aromatic nitrogens is 1. The molecule has 0 saturated heterocycles. The van der Waals surface area contributed by atoms with Crippen molar-refractivity contribution < 1.29 is 0 Å². The Kier molecular flexibility index (Phi) is 2.83. The van der Waals surface area contributed by atoms with Crippen LogP contribution in [0.4, 0.5) is 0 Å². The predicted octanol–water partition coefficient (Wildman–Crippen LogP) is 4.28. The van der Waals surface area contributed by atoms with Gasteiger partial charge in [0, 0.05) is 22.0 Å². The number of nitrogens with zero attached hydrogens (tertiary/aromatic N) is 2. The zero-order chi connectivity index (χ0) is 12.5. The van der Waals surface area contributed by atoms with E-state index in [1.807, 2.05) is 42.6 Å². The first-order valence-corrected chi connectivity index (χ1v) is 6.69. The van der Waals surface area contributed by atoms with Crippen LogP contribution in [0, 0.1) is 11.3 Å². The first-order valence-electron chi connectivity index (χ1n) is 5.50. The van der Waals surface area contributed by atoms with Crippen LogP contribution in [0.5, 0.6) is 0 Å². The van der Waals surface area contributed by atoms with Gasteiger partial charge in [0.15, 0.2) is 0 Å². The third-order valence-corrected chi connectivity index (χ3v) is 4.11. The lowest BCUT2D eigenvalue weighted by Crippen LogP contribution is -1.95. The van der Waals surface area contributed by atoms with E-state index in [4.69, 9.17) is 16.9 Å². The molecule has 0 bridgehead atoms. The number of hydrogen-bond acceptors (Lipinski definition) is 2. The van der Waals surface area contributed by atoms with Gasteiger partial charge in [0.2, 0.25) is 0 Å². The van der Waals surface area contributed by atoms with Crippen molar-refractivity contribution in [1.82, 2.24) is 4.57 Å². The molecule has 0 aliphatic heterocycles. The molecule has 2 heterocycles. The highest BCUT2D eigenvalue weighted by Gasteiger charge is 2.06. The van der Waals surface area contributed by atoms with Gasteiger partial charge in [-0.2, -0.15) is 5.26 Å². The van der Waals surface area contributed by atoms with E-state index in [1.165, 1.54) is 4.88 Å². The predicted molar refractivity (Wildman–Crippen MR) is 75.1 cm³/mol. The van der Waals surface area contributed by atoms with Crippen molar-refractivity contribution in [2.45, 2.75) is 6.54 Å². The lowest BCUT2D eigenvalue weighted by molar-refractivity contribution is 0.851. The summed E-state index contributed by atoms with van der Waals surface area (Å²) in [6.45, 7) is 0.787. The van der Waals surface area contributed by atoms with Crippen molar-refractivity contribution in [3.05, 3.63) is 57.4 Å². The van der Waals surface area contributed by atoms with Crippen LogP contribution in [0.1, 0.15) is 10.4 Å². The maximum atomic E-state index is 9.06. The molecule has 2 nitrogen and oxygen atoms in total. The van der Waals surface area contributed by atoms with Gasteiger partial charge in [-0.3, -0.25) is 0 Å². The van der Waals surface area contributed by atoms with Crippen LogP contribution >= 0.6 is 22.9 Å². The maximum absolute atomic E-state index is 9.06. The van der Waals surface area contributed by atoms with Crippen LogP contribution in [-0.4, -0.2) is 4.57 Å². The molecule has 0 atom stereocenters. The third kappa shape index (κ3) is 1.90. The van der Waals surface area contributed by atoms with Crippen LogP contribution in [0.15, 0.2) is 42.6 Å². The van der Waals surface area contributed by atoms with Gasteiger partial charge in [0.05, 0.1) is 22.5 Å². The molecule has 0 saturated carbocycles. The zero-order valence-corrected chi connectivity index (χ0v) is 11.0. The Morgan fingerprint density at radius 1 is 1.22 bits per heavy atom. The normalized spacial score (nSPS) is 10.7. The van der Waals surface area contributed by atoms with Gasteiger partial charge in [-0.15, -0.1) is 11.3 Å². The molecule has 0 fully saturated rings. The molecule has 1 aromatic carbocycles. The standard InChI is InChI=1S/C14H9ClN2S/c15-14-5-4-11(18-14)9-17-7-6-12-10(8-16)2-1-3-13(12)17/h1-7H,9H2. The average Bonchev–Trinajstić information content (AvgIpc) is 2.97. The smallest absolute Gasteiger partial charge is 0.0998 e. The van der Waals surface area contributed by atoms with Crippen LogP contribution < -0.4 is 0 Å². The SMILES string of the molecule is N#Cc1cccc2c1ccn2Cc1ccc(Cl)s1. The largest absolute Gasteiger partial charge is 0.342 e. The van der Waals surface area contributed by atoms with E-state index in [0.29, 0.717) is 0 Å². The van der Waals surface area contributed by atoms with Crippen molar-refractivity contribution in [3.63, 3.8) is 0 Å². The summed E-state index contributed by atoms with van der Waals surface area (Å²) in [5.74, 6) is 0. The molecule has 0 spiro atoms. The second-order valence-electron chi connectivity index (χ2n) is 4.00. The molecule has 88 valence electrons. The lowest BCUT2D eigenvalue weighted by atomic mass is 10.1. The van der Waals surface area contributed by atoms with Crippen molar-refractivity contribution in [3.8, 4) is 6.07 Å². The van der Waals surface area contributed by atoms with Crippen molar-refractivity contribution >= 4 is 33.8 Å². The van der Waals surface area contributed by atoms with E-state index in [1.54, 1.807) is 11.3 Å². The van der Waals surface area contributed by atoms with Crippen LogP contribution in [0.3, 0.4) is 0 Å². The molecule has 4 heteroatoms. The molecule has 3 rings (SSSR count). The molecule has 3 aromatic rings. The number of halogens is 1. The minimum absolute atomic E-state index is 0.718. The van der Waals surface area contributed by atoms with Crippen LogP contribution in [-0.2, 0) is 6.54 Å². The number of hydrogen-bond donors (Lipinski definition) is 0. The molecule has 2 aromatic heterocycles. The Labute approximate surface area is 114 Å². The molecule has 18 heavy (non-hydrogen) atoms. The van der Waals surface area contributed by atoms with E-state index in [9.17, 15) is 0 Å². The van der Waals surface area contributed by atoms with Crippen molar-refractivity contribution in [2.75, 3.05) is 0 Å². The molecule has 0 amide bonds. The summed E-state index contributed by atoms with van der Waals surface area (Å²) < 4.78 is 2.94. The molecular weight excluding hydrogens is 264 g/mol. The number of thiophene rings is 1. The average molecular weight is 273 g/mol. The van der Waals surface area contributed by atoms with Gasteiger partial charge >= 0.3 is 0 Å². The fourth-order valence-electron chi connectivity index (χ4n) is 2.06. The molecule has 0 N–H and O–H groups in total. The monoisotopic (exact) mass is 272 g/mol. The highest BCUT2D eigenvalue weighted by Crippen LogP contribution is 2.25. The highest BCUT2D eigenvalue weighted by molar-refractivity contribution is 7.16. The molecule has 0 radical (unpaired) electrons. The Hall–Kier alpha value is -1.76. The molecular formula is C14H9ClN2S. The van der Waals surface area contributed by atoms with Gasteiger partial charge in [0.25, 0.3) is 0 Å². The highest BCUT2D eigenvalue weighted by atomic mass is 35.5. The number of nitriles is 1. The first-order chi connectivity index (χ1) is 8.78. The second-order valence-corrected chi connectivity index (χ2v) is 5.80. The van der Waals surface area contributed by atoms with Crippen LogP contribution in [0.2, 0.25) is 4.34 Å². The summed E-state index contributed by atoms with van der Waals surface area (Å²) in [5.41, 5.74) is 1.80. The topological polar surface area (TPSA) is 28.7 Å². The number of fused-ring (bicyclic) bond motifs is 1. The van der Waals surface area contributed by atoms with E-state index in [-0.39, 0.29) is 0 Å². The summed E-state index contributed by atoms with van der Waals surface area (Å²) in [6.07, 6.45) is 2.01. The minimum atomic E-state index is 0.718. The molecule has 0 aliphatic rings. The number of benzene rings is 1. The fraction of sp³-hybridized carbons (Fsp3) is 0.0714. The maximum Gasteiger partial charge on any atom is 0.0998 e. The summed E-state index contributed by atoms with van der Waals surface area (Å²) in [4.78, 5) is 1.21.